The largest absolute Gasteiger partial charge is 0.295 e. The van der Waals surface area contributed by atoms with Crippen molar-refractivity contribution in [2.75, 3.05) is 0 Å². The maximum Gasteiger partial charge on any atom is 0.159 e. The second kappa shape index (κ2) is 2.85. The summed E-state index contributed by atoms with van der Waals surface area (Å²) in [5.74, 6) is 0.155. The molecule has 0 heterocycles. The molecule has 0 aliphatic heterocycles. The van der Waals surface area contributed by atoms with Gasteiger partial charge in [0, 0.05) is 22.6 Å². The summed E-state index contributed by atoms with van der Waals surface area (Å²) < 4.78 is 0. The molecule has 0 bridgehead atoms. The number of carbonyl (C=O) groups is 1. The molecule has 1 nitrogen and oxygen atoms in total. The quantitative estimate of drug-likeness (QED) is 0.511. The molecule has 0 unspecified atom stereocenters. The van der Waals surface area contributed by atoms with Gasteiger partial charge in [0.25, 0.3) is 0 Å². The molecule has 0 saturated heterocycles. The van der Waals surface area contributed by atoms with Crippen LogP contribution >= 0.6 is 0 Å². The van der Waals surface area contributed by atoms with Gasteiger partial charge >= 0.3 is 0 Å². The van der Waals surface area contributed by atoms with Crippen LogP contribution in [0.25, 0.3) is 0 Å². The first-order valence-electron chi connectivity index (χ1n) is 2.20. The van der Waals surface area contributed by atoms with E-state index in [0.29, 0.717) is 0 Å². The Labute approximate surface area is 58.9 Å². The summed E-state index contributed by atoms with van der Waals surface area (Å²) in [5.41, 5.74) is 0.833. The van der Waals surface area contributed by atoms with Crippen LogP contribution in [0.4, 0.5) is 0 Å². The zero-order valence-corrected chi connectivity index (χ0v) is 5.60. The maximum atomic E-state index is 10.3. The van der Waals surface area contributed by atoms with Gasteiger partial charge in [0.2, 0.25) is 0 Å². The molecule has 0 aromatic rings. The van der Waals surface area contributed by atoms with Gasteiger partial charge < -0.3 is 0 Å². The number of hydrogen-bond donors (Lipinski definition) is 0. The van der Waals surface area contributed by atoms with Crippen LogP contribution in [0.5, 0.6) is 0 Å². The molecule has 0 aromatic carbocycles. The summed E-state index contributed by atoms with van der Waals surface area (Å²) in [4.78, 5) is 10.3. The van der Waals surface area contributed by atoms with Gasteiger partial charge in [-0.15, -0.1) is 0 Å². The van der Waals surface area contributed by atoms with Crippen molar-refractivity contribution in [2.45, 2.75) is 6.92 Å². The van der Waals surface area contributed by atoms with Crippen LogP contribution in [-0.2, 0) is 21.9 Å². The van der Waals surface area contributed by atoms with Gasteiger partial charge in [0.15, 0.2) is 5.78 Å². The van der Waals surface area contributed by atoms with Gasteiger partial charge in [-0.3, -0.25) is 4.79 Å². The van der Waals surface area contributed by atoms with Crippen LogP contribution in [-0.4, -0.2) is 5.78 Å². The Morgan fingerprint density at radius 3 is 2.12 bits per heavy atom. The Bertz CT molecular complexity index is 156. The summed E-state index contributed by atoms with van der Waals surface area (Å²) in [6.45, 7) is 1.56. The normalized spacial score (nSPS) is 13.4. The van der Waals surface area contributed by atoms with E-state index in [0.717, 1.165) is 5.57 Å². The molecular weight excluding hydrogens is 144 g/mol. The second-order valence-corrected chi connectivity index (χ2v) is 1.54. The monoisotopic (exact) mass is 150 g/mol. The molecule has 1 aliphatic rings. The minimum atomic E-state index is 0. The Hall–Kier alpha value is -0.331. The molecule has 44 valence electrons. The predicted octanol–water partition coefficient (Wildman–Crippen LogP) is 1.07. The summed E-state index contributed by atoms with van der Waals surface area (Å²) in [7, 11) is 0. The fourth-order valence-electron chi connectivity index (χ4n) is 0.427. The predicted molar refractivity (Wildman–Crippen MR) is 27.9 cm³/mol. The molecule has 0 radical (unpaired) electrons. The molecule has 8 heavy (non-hydrogen) atoms. The van der Waals surface area contributed by atoms with Crippen molar-refractivity contribution in [1.82, 2.24) is 0 Å². The molecule has 0 N–H and O–H groups in total. The molecule has 2 heteroatoms. The van der Waals surface area contributed by atoms with Crippen molar-refractivity contribution in [3.8, 4) is 0 Å². The van der Waals surface area contributed by atoms with Crippen molar-refractivity contribution in [3.63, 3.8) is 0 Å². The van der Waals surface area contributed by atoms with Crippen LogP contribution in [0.2, 0.25) is 0 Å². The molecule has 1 rings (SSSR count). The smallest absolute Gasteiger partial charge is 0.159 e. The number of Topliss-reactive ketones (excluding diaryl/α,β-unsaturated/α-hetero) is 1. The number of allylic oxidation sites excluding steroid dienone is 4. The van der Waals surface area contributed by atoms with E-state index < -0.39 is 0 Å². The summed E-state index contributed by atoms with van der Waals surface area (Å²) in [5, 5.41) is 0. The first-order chi connectivity index (χ1) is 3.30. The Morgan fingerprint density at radius 1 is 1.62 bits per heavy atom. The maximum absolute atomic E-state index is 10.3. The second-order valence-electron chi connectivity index (χ2n) is 1.54. The molecule has 0 fully saturated rings. The van der Waals surface area contributed by atoms with E-state index in [1.165, 1.54) is 0 Å². The van der Waals surface area contributed by atoms with Gasteiger partial charge in [0.05, 0.1) is 0 Å². The number of ketones is 1. The Balaban J connectivity index is 0.000000490. The Morgan fingerprint density at radius 2 is 2.12 bits per heavy atom. The first kappa shape index (κ1) is 7.67. The molecule has 0 amide bonds. The molecule has 0 aromatic heterocycles. The number of rotatable bonds is 1. The first-order valence-corrected chi connectivity index (χ1v) is 2.20. The third-order valence-electron chi connectivity index (χ3n) is 0.958. The van der Waals surface area contributed by atoms with E-state index in [2.05, 4.69) is 0 Å². The van der Waals surface area contributed by atoms with Crippen LogP contribution in [0, 0.1) is 0 Å². The topological polar surface area (TPSA) is 17.1 Å². The number of hydrogen-bond acceptors (Lipinski definition) is 1. The third-order valence-corrected chi connectivity index (χ3v) is 0.958. The van der Waals surface area contributed by atoms with Crippen molar-refractivity contribution in [3.05, 3.63) is 23.8 Å². The Kier molecular flexibility index (Phi) is 2.73. The number of carbonyl (C=O) groups excluding carboxylic acids is 1. The van der Waals surface area contributed by atoms with Crippen molar-refractivity contribution >= 4 is 5.78 Å². The van der Waals surface area contributed by atoms with Crippen molar-refractivity contribution < 1.29 is 21.9 Å². The average Bonchev–Trinajstić information content (AvgIpc) is 1.23. The molecule has 0 spiro atoms. The van der Waals surface area contributed by atoms with Gasteiger partial charge in [-0.2, -0.15) is 0 Å². The summed E-state index contributed by atoms with van der Waals surface area (Å²) in [6.07, 6.45) is 5.47. The average molecular weight is 150 g/mol. The molecular formula is C6H6FeO. The van der Waals surface area contributed by atoms with Gasteiger partial charge in [0.1, 0.15) is 0 Å². The SMILES string of the molecule is CC(=O)C1=CC=C1.[Fe]. The fraction of sp³-hybridized carbons (Fsp3) is 0.167. The van der Waals surface area contributed by atoms with E-state index in [1.807, 2.05) is 18.2 Å². The standard InChI is InChI=1S/C6H6O.Fe/c1-5(7)6-3-2-4-6;/h2-4H,1H3;. The summed E-state index contributed by atoms with van der Waals surface area (Å²) in [6, 6.07) is 0. The minimum Gasteiger partial charge on any atom is -0.295 e. The molecule has 0 atom stereocenters. The zero-order chi connectivity index (χ0) is 5.28. The fourth-order valence-corrected chi connectivity index (χ4v) is 0.427. The van der Waals surface area contributed by atoms with E-state index in [9.17, 15) is 4.79 Å². The minimum absolute atomic E-state index is 0. The van der Waals surface area contributed by atoms with Gasteiger partial charge in [-0.05, 0) is 6.92 Å². The zero-order valence-electron chi connectivity index (χ0n) is 4.49. The van der Waals surface area contributed by atoms with Crippen molar-refractivity contribution in [1.29, 1.82) is 0 Å². The van der Waals surface area contributed by atoms with E-state index in [-0.39, 0.29) is 22.9 Å². The summed E-state index contributed by atoms with van der Waals surface area (Å²) >= 11 is 0. The van der Waals surface area contributed by atoms with Crippen LogP contribution in [0.15, 0.2) is 23.8 Å². The van der Waals surface area contributed by atoms with Crippen LogP contribution in [0.1, 0.15) is 6.92 Å². The van der Waals surface area contributed by atoms with E-state index in [1.54, 1.807) is 6.92 Å². The van der Waals surface area contributed by atoms with Crippen molar-refractivity contribution in [2.24, 2.45) is 0 Å². The van der Waals surface area contributed by atoms with Gasteiger partial charge in [-0.25, -0.2) is 0 Å². The van der Waals surface area contributed by atoms with Crippen LogP contribution in [0.3, 0.4) is 0 Å². The third kappa shape index (κ3) is 1.32. The molecule has 0 saturated carbocycles. The van der Waals surface area contributed by atoms with E-state index >= 15 is 0 Å². The van der Waals surface area contributed by atoms with E-state index in [4.69, 9.17) is 0 Å². The van der Waals surface area contributed by atoms with Crippen LogP contribution < -0.4 is 0 Å². The van der Waals surface area contributed by atoms with Gasteiger partial charge in [-0.1, -0.05) is 18.2 Å². The molecule has 1 aliphatic carbocycles.